The van der Waals surface area contributed by atoms with Crippen molar-refractivity contribution in [3.63, 3.8) is 0 Å². The molecule has 3 aromatic rings. The second kappa shape index (κ2) is 10.4. The molecular formula is C24H25FN2O5S. The zero-order chi connectivity index (χ0) is 24.0. The van der Waals surface area contributed by atoms with Crippen molar-refractivity contribution in [3.05, 3.63) is 84.2 Å². The van der Waals surface area contributed by atoms with Crippen LogP contribution in [0.1, 0.15) is 10.4 Å². The molecule has 0 unspecified atom stereocenters. The van der Waals surface area contributed by atoms with Gasteiger partial charge >= 0.3 is 0 Å². The number of carbonyl (C=O) groups is 1. The lowest BCUT2D eigenvalue weighted by Gasteiger charge is -2.22. The van der Waals surface area contributed by atoms with Crippen LogP contribution in [0.5, 0.6) is 11.5 Å². The fraction of sp³-hybridized carbons (Fsp3) is 0.208. The molecule has 0 saturated heterocycles. The van der Waals surface area contributed by atoms with Crippen molar-refractivity contribution < 1.29 is 27.1 Å². The highest BCUT2D eigenvalue weighted by molar-refractivity contribution is 7.92. The van der Waals surface area contributed by atoms with E-state index in [-0.39, 0.29) is 23.2 Å². The van der Waals surface area contributed by atoms with Crippen molar-refractivity contribution in [2.75, 3.05) is 38.7 Å². The summed E-state index contributed by atoms with van der Waals surface area (Å²) in [4.78, 5) is 14.2. The lowest BCUT2D eigenvalue weighted by molar-refractivity contribution is 0.0773. The third kappa shape index (κ3) is 5.61. The number of sulfonamides is 1. The number of amides is 1. The molecule has 0 atom stereocenters. The molecule has 7 nitrogen and oxygen atoms in total. The van der Waals surface area contributed by atoms with E-state index in [1.54, 1.807) is 31.3 Å². The molecule has 0 bridgehead atoms. The molecule has 0 saturated carbocycles. The molecule has 0 heterocycles. The topological polar surface area (TPSA) is 76.2 Å². The summed E-state index contributed by atoms with van der Waals surface area (Å²) in [7, 11) is 0.687. The summed E-state index contributed by atoms with van der Waals surface area (Å²) in [6.45, 7) is 0.525. The van der Waals surface area contributed by atoms with E-state index in [0.717, 1.165) is 4.31 Å². The summed E-state index contributed by atoms with van der Waals surface area (Å²) < 4.78 is 50.9. The first-order valence-electron chi connectivity index (χ1n) is 10.1. The van der Waals surface area contributed by atoms with Crippen LogP contribution in [-0.2, 0) is 10.0 Å². The number of para-hydroxylation sites is 2. The van der Waals surface area contributed by atoms with Gasteiger partial charge in [0.05, 0.1) is 24.2 Å². The van der Waals surface area contributed by atoms with Gasteiger partial charge in [-0.3, -0.25) is 9.10 Å². The van der Waals surface area contributed by atoms with Gasteiger partial charge in [0.15, 0.2) is 0 Å². The molecule has 0 spiro atoms. The minimum absolute atomic E-state index is 0.0507. The number of methoxy groups -OCH3 is 1. The van der Waals surface area contributed by atoms with Crippen LogP contribution in [0.2, 0.25) is 0 Å². The Hall–Kier alpha value is -3.59. The second-order valence-corrected chi connectivity index (χ2v) is 9.17. The van der Waals surface area contributed by atoms with Gasteiger partial charge in [-0.15, -0.1) is 0 Å². The number of benzene rings is 3. The van der Waals surface area contributed by atoms with Crippen LogP contribution in [0.3, 0.4) is 0 Å². The zero-order valence-electron chi connectivity index (χ0n) is 18.6. The number of nitrogens with zero attached hydrogens (tertiary/aromatic N) is 2. The molecule has 3 aromatic carbocycles. The highest BCUT2D eigenvalue weighted by Crippen LogP contribution is 2.30. The highest BCUT2D eigenvalue weighted by Gasteiger charge is 2.24. The fourth-order valence-electron chi connectivity index (χ4n) is 3.10. The van der Waals surface area contributed by atoms with E-state index in [1.807, 2.05) is 0 Å². The maximum absolute atomic E-state index is 13.0. The van der Waals surface area contributed by atoms with Crippen molar-refractivity contribution in [1.29, 1.82) is 0 Å². The van der Waals surface area contributed by atoms with E-state index in [2.05, 4.69) is 0 Å². The van der Waals surface area contributed by atoms with Gasteiger partial charge in [-0.1, -0.05) is 12.1 Å². The normalized spacial score (nSPS) is 11.0. The first-order valence-corrected chi connectivity index (χ1v) is 11.5. The summed E-state index contributed by atoms with van der Waals surface area (Å²) >= 11 is 0. The molecule has 174 valence electrons. The number of anilines is 1. The summed E-state index contributed by atoms with van der Waals surface area (Å²) in [5.41, 5.74) is 0.749. The standard InChI is InChI=1S/C24H25FN2O5S/c1-26(16-17-32-20-12-10-19(25)11-13-20)24(28)18-8-14-21(15-9-18)33(29,30)27(2)22-6-4-5-7-23(22)31-3/h4-15H,16-17H2,1-3H3. The molecule has 0 aromatic heterocycles. The molecule has 33 heavy (non-hydrogen) atoms. The van der Waals surface area contributed by atoms with Gasteiger partial charge in [0, 0.05) is 19.7 Å². The van der Waals surface area contributed by atoms with Crippen LogP contribution >= 0.6 is 0 Å². The van der Waals surface area contributed by atoms with E-state index >= 15 is 0 Å². The summed E-state index contributed by atoms with van der Waals surface area (Å²) in [6.07, 6.45) is 0. The molecule has 9 heteroatoms. The third-order valence-electron chi connectivity index (χ3n) is 5.04. The van der Waals surface area contributed by atoms with Crippen LogP contribution in [0.4, 0.5) is 10.1 Å². The second-order valence-electron chi connectivity index (χ2n) is 7.20. The highest BCUT2D eigenvalue weighted by atomic mass is 32.2. The Morgan fingerprint density at radius 3 is 2.21 bits per heavy atom. The summed E-state index contributed by atoms with van der Waals surface area (Å²) in [5, 5.41) is 0. The van der Waals surface area contributed by atoms with Crippen LogP contribution in [0.25, 0.3) is 0 Å². The van der Waals surface area contributed by atoms with Gasteiger partial charge in [-0.25, -0.2) is 12.8 Å². The van der Waals surface area contributed by atoms with E-state index in [4.69, 9.17) is 9.47 Å². The first-order chi connectivity index (χ1) is 15.7. The molecule has 0 aliphatic carbocycles. The van der Waals surface area contributed by atoms with Crippen LogP contribution in [0, 0.1) is 5.82 Å². The van der Waals surface area contributed by atoms with E-state index in [0.29, 0.717) is 29.3 Å². The lowest BCUT2D eigenvalue weighted by atomic mass is 10.2. The predicted molar refractivity (Wildman–Crippen MR) is 124 cm³/mol. The Kier molecular flexibility index (Phi) is 7.55. The monoisotopic (exact) mass is 472 g/mol. The number of carbonyl (C=O) groups excluding carboxylic acids is 1. The fourth-order valence-corrected chi connectivity index (χ4v) is 4.31. The van der Waals surface area contributed by atoms with Crippen LogP contribution in [0.15, 0.2) is 77.7 Å². The summed E-state index contributed by atoms with van der Waals surface area (Å²) in [6, 6.07) is 18.2. The van der Waals surface area contributed by atoms with Crippen LogP contribution < -0.4 is 13.8 Å². The number of ether oxygens (including phenoxy) is 2. The maximum atomic E-state index is 13.0. The van der Waals surface area contributed by atoms with Crippen molar-refractivity contribution >= 4 is 21.6 Å². The number of hydrogen-bond donors (Lipinski definition) is 0. The molecule has 0 fully saturated rings. The van der Waals surface area contributed by atoms with Gasteiger partial charge in [0.2, 0.25) is 0 Å². The van der Waals surface area contributed by atoms with E-state index in [9.17, 15) is 17.6 Å². The number of rotatable bonds is 9. The quantitative estimate of drug-likeness (QED) is 0.473. The number of likely N-dealkylation sites (N-methyl/N-ethyl adjacent to an activating group) is 1. The Bertz CT molecular complexity index is 1200. The van der Waals surface area contributed by atoms with Crippen LogP contribution in [-0.4, -0.2) is 53.6 Å². The van der Waals surface area contributed by atoms with Gasteiger partial charge < -0.3 is 14.4 Å². The molecule has 0 radical (unpaired) electrons. The molecule has 0 aliphatic rings. The molecule has 0 aliphatic heterocycles. The molecule has 0 N–H and O–H groups in total. The number of halogens is 1. The maximum Gasteiger partial charge on any atom is 0.264 e. The Labute approximate surface area is 193 Å². The Morgan fingerprint density at radius 1 is 0.939 bits per heavy atom. The molecule has 1 amide bonds. The van der Waals surface area contributed by atoms with E-state index < -0.39 is 10.0 Å². The number of hydrogen-bond acceptors (Lipinski definition) is 5. The minimum atomic E-state index is -3.85. The smallest absolute Gasteiger partial charge is 0.264 e. The first kappa shape index (κ1) is 24.1. The Morgan fingerprint density at radius 2 is 1.58 bits per heavy atom. The molecular weight excluding hydrogens is 447 g/mol. The van der Waals surface area contributed by atoms with Crippen molar-refractivity contribution in [2.45, 2.75) is 4.90 Å². The largest absolute Gasteiger partial charge is 0.495 e. The minimum Gasteiger partial charge on any atom is -0.495 e. The average Bonchev–Trinajstić information content (AvgIpc) is 2.84. The predicted octanol–water partition coefficient (Wildman–Crippen LogP) is 3.81. The zero-order valence-corrected chi connectivity index (χ0v) is 19.4. The average molecular weight is 473 g/mol. The molecule has 3 rings (SSSR count). The van der Waals surface area contributed by atoms with Gasteiger partial charge in [-0.05, 0) is 60.7 Å². The van der Waals surface area contributed by atoms with Crippen molar-refractivity contribution in [3.8, 4) is 11.5 Å². The van der Waals surface area contributed by atoms with Gasteiger partial charge in [0.25, 0.3) is 15.9 Å². The van der Waals surface area contributed by atoms with Gasteiger partial charge in [-0.2, -0.15) is 0 Å². The third-order valence-corrected chi connectivity index (χ3v) is 6.83. The summed E-state index contributed by atoms with van der Waals surface area (Å²) in [5.74, 6) is 0.305. The van der Waals surface area contributed by atoms with Gasteiger partial charge in [0.1, 0.15) is 23.9 Å². The Balaban J connectivity index is 1.65. The lowest BCUT2D eigenvalue weighted by Crippen LogP contribution is -2.31. The van der Waals surface area contributed by atoms with E-state index in [1.165, 1.54) is 67.6 Å². The van der Waals surface area contributed by atoms with Crippen molar-refractivity contribution in [1.82, 2.24) is 4.90 Å². The SMILES string of the molecule is COc1ccccc1N(C)S(=O)(=O)c1ccc(C(=O)N(C)CCOc2ccc(F)cc2)cc1. The van der Waals surface area contributed by atoms with Crippen molar-refractivity contribution in [2.24, 2.45) is 0 Å².